The van der Waals surface area contributed by atoms with Gasteiger partial charge in [-0.1, -0.05) is 6.07 Å². The van der Waals surface area contributed by atoms with E-state index in [-0.39, 0.29) is 18.5 Å². The minimum Gasteiger partial charge on any atom is -0.493 e. The fourth-order valence-electron chi connectivity index (χ4n) is 3.74. The second-order valence-electron chi connectivity index (χ2n) is 6.64. The molecule has 144 valence electrons. The van der Waals surface area contributed by atoms with Gasteiger partial charge >= 0.3 is 0 Å². The molecule has 0 aliphatic carbocycles. The topological polar surface area (TPSA) is 69.5 Å². The SMILES string of the molecule is COc1cc2c(cc1OC)C(c1cccnc1)N(C(=O)Cn1cccn1)CC2. The van der Waals surface area contributed by atoms with E-state index in [0.29, 0.717) is 18.0 Å². The van der Waals surface area contributed by atoms with E-state index in [1.807, 2.05) is 41.4 Å². The molecule has 0 bridgehead atoms. The van der Waals surface area contributed by atoms with Gasteiger partial charge < -0.3 is 14.4 Å². The van der Waals surface area contributed by atoms with Crippen LogP contribution in [0.2, 0.25) is 0 Å². The molecule has 3 heterocycles. The van der Waals surface area contributed by atoms with Crippen molar-refractivity contribution in [1.29, 1.82) is 0 Å². The van der Waals surface area contributed by atoms with Crippen LogP contribution in [0, 0.1) is 0 Å². The Bertz CT molecular complexity index is 957. The van der Waals surface area contributed by atoms with Crippen molar-refractivity contribution in [3.63, 3.8) is 0 Å². The molecule has 1 amide bonds. The normalized spacial score (nSPS) is 15.8. The zero-order valence-corrected chi connectivity index (χ0v) is 15.9. The summed E-state index contributed by atoms with van der Waals surface area (Å²) in [4.78, 5) is 19.3. The van der Waals surface area contributed by atoms with Crippen molar-refractivity contribution in [2.45, 2.75) is 19.0 Å². The van der Waals surface area contributed by atoms with Crippen LogP contribution < -0.4 is 9.47 Å². The monoisotopic (exact) mass is 378 g/mol. The van der Waals surface area contributed by atoms with Crippen molar-refractivity contribution >= 4 is 5.91 Å². The highest BCUT2D eigenvalue weighted by Crippen LogP contribution is 2.40. The maximum atomic E-state index is 13.1. The Hall–Kier alpha value is -3.35. The lowest BCUT2D eigenvalue weighted by atomic mass is 9.88. The summed E-state index contributed by atoms with van der Waals surface area (Å²) in [5.74, 6) is 1.36. The van der Waals surface area contributed by atoms with Crippen LogP contribution in [-0.2, 0) is 17.8 Å². The molecule has 28 heavy (non-hydrogen) atoms. The molecule has 1 aliphatic heterocycles. The van der Waals surface area contributed by atoms with Crippen LogP contribution in [0.4, 0.5) is 0 Å². The maximum Gasteiger partial charge on any atom is 0.245 e. The molecular formula is C21H22N4O3. The molecule has 1 aromatic carbocycles. The number of methoxy groups -OCH3 is 2. The average Bonchev–Trinajstić information content (AvgIpc) is 3.25. The standard InChI is InChI=1S/C21H22N4O3/c1-27-18-11-15-6-10-25(20(26)14-24-9-4-8-23-24)21(16-5-3-7-22-13-16)17(15)12-19(18)28-2/h3-5,7-9,11-13,21H,6,10,14H2,1-2H3. The van der Waals surface area contributed by atoms with Crippen LogP contribution in [0.25, 0.3) is 0 Å². The molecule has 0 radical (unpaired) electrons. The quantitative estimate of drug-likeness (QED) is 0.682. The molecule has 1 aliphatic rings. The number of rotatable bonds is 5. The van der Waals surface area contributed by atoms with Crippen molar-refractivity contribution in [3.05, 3.63) is 71.8 Å². The average molecular weight is 378 g/mol. The molecule has 2 aromatic heterocycles. The van der Waals surface area contributed by atoms with Crippen LogP contribution in [0.3, 0.4) is 0 Å². The predicted molar refractivity (Wildman–Crippen MR) is 103 cm³/mol. The van der Waals surface area contributed by atoms with E-state index in [0.717, 1.165) is 23.1 Å². The van der Waals surface area contributed by atoms with Crippen molar-refractivity contribution in [3.8, 4) is 11.5 Å². The predicted octanol–water partition coefficient (Wildman–Crippen LogP) is 2.47. The number of carbonyl (C=O) groups is 1. The van der Waals surface area contributed by atoms with Gasteiger partial charge in [-0.2, -0.15) is 5.10 Å². The summed E-state index contributed by atoms with van der Waals surface area (Å²) in [5.41, 5.74) is 3.14. The number of amides is 1. The molecule has 7 heteroatoms. The second kappa shape index (κ2) is 7.72. The van der Waals surface area contributed by atoms with Gasteiger partial charge in [0.1, 0.15) is 6.54 Å². The molecular weight excluding hydrogens is 356 g/mol. The van der Waals surface area contributed by atoms with Crippen LogP contribution in [0.5, 0.6) is 11.5 Å². The number of hydrogen-bond acceptors (Lipinski definition) is 5. The molecule has 0 saturated carbocycles. The number of ether oxygens (including phenoxy) is 2. The molecule has 0 N–H and O–H groups in total. The van der Waals surface area contributed by atoms with Gasteiger partial charge in [-0.15, -0.1) is 0 Å². The summed E-state index contributed by atoms with van der Waals surface area (Å²) >= 11 is 0. The van der Waals surface area contributed by atoms with Crippen molar-refractivity contribution < 1.29 is 14.3 Å². The third kappa shape index (κ3) is 3.31. The fraction of sp³-hybridized carbons (Fsp3) is 0.286. The summed E-state index contributed by atoms with van der Waals surface area (Å²) in [6.07, 6.45) is 7.76. The van der Waals surface area contributed by atoms with Gasteiger partial charge in [-0.25, -0.2) is 0 Å². The number of benzene rings is 1. The zero-order chi connectivity index (χ0) is 19.5. The number of aromatic nitrogens is 3. The van der Waals surface area contributed by atoms with Gasteiger partial charge in [-0.05, 0) is 47.4 Å². The van der Waals surface area contributed by atoms with E-state index in [1.165, 1.54) is 0 Å². The molecule has 0 fully saturated rings. The zero-order valence-electron chi connectivity index (χ0n) is 15.9. The largest absolute Gasteiger partial charge is 0.493 e. The van der Waals surface area contributed by atoms with Gasteiger partial charge in [-0.3, -0.25) is 14.5 Å². The number of carbonyl (C=O) groups excluding carboxylic acids is 1. The molecule has 0 spiro atoms. The number of nitrogens with zero attached hydrogens (tertiary/aromatic N) is 4. The third-order valence-electron chi connectivity index (χ3n) is 5.05. The lowest BCUT2D eigenvalue weighted by Crippen LogP contribution is -2.42. The first-order valence-electron chi connectivity index (χ1n) is 9.13. The van der Waals surface area contributed by atoms with Gasteiger partial charge in [0.25, 0.3) is 0 Å². The first-order chi connectivity index (χ1) is 13.7. The first-order valence-corrected chi connectivity index (χ1v) is 9.13. The maximum absolute atomic E-state index is 13.1. The highest BCUT2D eigenvalue weighted by molar-refractivity contribution is 5.77. The van der Waals surface area contributed by atoms with E-state index in [2.05, 4.69) is 10.1 Å². The fourth-order valence-corrected chi connectivity index (χ4v) is 3.74. The van der Waals surface area contributed by atoms with E-state index >= 15 is 0 Å². The van der Waals surface area contributed by atoms with Crippen LogP contribution in [-0.4, -0.2) is 46.3 Å². The summed E-state index contributed by atoms with van der Waals surface area (Å²) < 4.78 is 12.6. The molecule has 7 nitrogen and oxygen atoms in total. The Kier molecular flexibility index (Phi) is 4.97. The summed E-state index contributed by atoms with van der Waals surface area (Å²) in [6.45, 7) is 0.814. The molecule has 1 atom stereocenters. The number of pyridine rings is 1. The van der Waals surface area contributed by atoms with Gasteiger partial charge in [0.05, 0.1) is 20.3 Å². The first kappa shape index (κ1) is 18.0. The highest BCUT2D eigenvalue weighted by atomic mass is 16.5. The summed E-state index contributed by atoms with van der Waals surface area (Å²) in [7, 11) is 3.25. The van der Waals surface area contributed by atoms with Crippen molar-refractivity contribution in [1.82, 2.24) is 19.7 Å². The Morgan fingerprint density at radius 2 is 2.00 bits per heavy atom. The molecule has 3 aromatic rings. The summed E-state index contributed by atoms with van der Waals surface area (Å²) in [6, 6.07) is 9.44. The molecule has 0 saturated heterocycles. The van der Waals surface area contributed by atoms with Crippen LogP contribution in [0.15, 0.2) is 55.1 Å². The van der Waals surface area contributed by atoms with Gasteiger partial charge in [0, 0.05) is 31.3 Å². The van der Waals surface area contributed by atoms with E-state index in [9.17, 15) is 4.79 Å². The molecule has 4 rings (SSSR count). The highest BCUT2D eigenvalue weighted by Gasteiger charge is 2.33. The smallest absolute Gasteiger partial charge is 0.245 e. The van der Waals surface area contributed by atoms with Crippen LogP contribution in [0.1, 0.15) is 22.7 Å². The van der Waals surface area contributed by atoms with E-state index < -0.39 is 0 Å². The minimum absolute atomic E-state index is 0.0120. The number of hydrogen-bond donors (Lipinski definition) is 0. The Labute approximate surface area is 163 Å². The van der Waals surface area contributed by atoms with Gasteiger partial charge in [0.15, 0.2) is 11.5 Å². The molecule has 1 unspecified atom stereocenters. The lowest BCUT2D eigenvalue weighted by molar-refractivity contribution is -0.134. The third-order valence-corrected chi connectivity index (χ3v) is 5.05. The van der Waals surface area contributed by atoms with E-state index in [4.69, 9.17) is 9.47 Å². The Morgan fingerprint density at radius 1 is 1.18 bits per heavy atom. The minimum atomic E-state index is -0.236. The number of fused-ring (bicyclic) bond motifs is 1. The second-order valence-corrected chi connectivity index (χ2v) is 6.64. The lowest BCUT2D eigenvalue weighted by Gasteiger charge is -2.38. The van der Waals surface area contributed by atoms with Crippen molar-refractivity contribution in [2.24, 2.45) is 0 Å². The summed E-state index contributed by atoms with van der Waals surface area (Å²) in [5, 5.41) is 4.16. The van der Waals surface area contributed by atoms with Gasteiger partial charge in [0.2, 0.25) is 5.91 Å². The van der Waals surface area contributed by atoms with Crippen molar-refractivity contribution in [2.75, 3.05) is 20.8 Å². The Balaban J connectivity index is 1.77. The Morgan fingerprint density at radius 3 is 2.68 bits per heavy atom. The van der Waals surface area contributed by atoms with Crippen LogP contribution >= 0.6 is 0 Å². The van der Waals surface area contributed by atoms with E-state index in [1.54, 1.807) is 37.5 Å².